The fourth-order valence-electron chi connectivity index (χ4n) is 3.27. The van der Waals surface area contributed by atoms with Crippen molar-refractivity contribution in [1.82, 2.24) is 4.90 Å². The summed E-state index contributed by atoms with van der Waals surface area (Å²) in [7, 11) is -3.81. The third-order valence-corrected chi connectivity index (χ3v) is 6.17. The highest BCUT2D eigenvalue weighted by Crippen LogP contribution is 2.36. The second-order valence-electron chi connectivity index (χ2n) is 7.85. The molecular formula is C21H27NO4S. The fraction of sp³-hybridized carbons (Fsp3) is 0.429. The molecule has 6 heteroatoms. The van der Waals surface area contributed by atoms with Crippen molar-refractivity contribution in [3.8, 4) is 0 Å². The molecule has 1 saturated heterocycles. The molecule has 0 aromatic heterocycles. The summed E-state index contributed by atoms with van der Waals surface area (Å²) in [6, 6.07) is 16.8. The number of ether oxygens (including phenoxy) is 1. The Morgan fingerprint density at radius 2 is 1.70 bits per heavy atom. The number of hydrogen-bond acceptors (Lipinski definition) is 5. The summed E-state index contributed by atoms with van der Waals surface area (Å²) < 4.78 is 36.6. The molecule has 1 heterocycles. The van der Waals surface area contributed by atoms with Gasteiger partial charge in [0, 0.05) is 12.1 Å². The minimum atomic E-state index is -3.81. The molecule has 0 aliphatic carbocycles. The molecule has 146 valence electrons. The first-order valence-electron chi connectivity index (χ1n) is 9.11. The maximum absolute atomic E-state index is 12.5. The van der Waals surface area contributed by atoms with E-state index >= 15 is 0 Å². The monoisotopic (exact) mass is 389 g/mol. The summed E-state index contributed by atoms with van der Waals surface area (Å²) in [5.74, 6) is 0. The Kier molecular flexibility index (Phi) is 5.72. The van der Waals surface area contributed by atoms with Crippen LogP contribution in [0.1, 0.15) is 38.1 Å². The number of rotatable bonds is 5. The van der Waals surface area contributed by atoms with Gasteiger partial charge >= 0.3 is 0 Å². The number of hydrogen-bond donors (Lipinski definition) is 0. The Labute approximate surface area is 162 Å². The quantitative estimate of drug-likeness (QED) is 0.726. The van der Waals surface area contributed by atoms with Gasteiger partial charge in [0.1, 0.15) is 6.23 Å². The van der Waals surface area contributed by atoms with Crippen LogP contribution in [0.3, 0.4) is 0 Å². The van der Waals surface area contributed by atoms with Crippen LogP contribution < -0.4 is 0 Å². The lowest BCUT2D eigenvalue weighted by Crippen LogP contribution is -2.41. The van der Waals surface area contributed by atoms with E-state index in [1.54, 1.807) is 31.2 Å². The summed E-state index contributed by atoms with van der Waals surface area (Å²) >= 11 is 0. The van der Waals surface area contributed by atoms with Gasteiger partial charge in [-0.15, -0.1) is 0 Å². The van der Waals surface area contributed by atoms with Crippen molar-refractivity contribution in [2.75, 3.05) is 13.2 Å². The van der Waals surface area contributed by atoms with Crippen molar-refractivity contribution in [2.24, 2.45) is 0 Å². The first-order chi connectivity index (χ1) is 12.7. The van der Waals surface area contributed by atoms with Gasteiger partial charge in [0.15, 0.2) is 0 Å². The lowest BCUT2D eigenvalue weighted by atomic mass is 10.0. The van der Waals surface area contributed by atoms with Gasteiger partial charge in [0.05, 0.1) is 17.6 Å². The molecule has 5 nitrogen and oxygen atoms in total. The maximum atomic E-state index is 12.5. The van der Waals surface area contributed by atoms with Crippen LogP contribution in [0.15, 0.2) is 59.5 Å². The Balaban J connectivity index is 1.74. The molecule has 0 N–H and O–H groups in total. The van der Waals surface area contributed by atoms with Crippen LogP contribution in [0, 0.1) is 6.92 Å². The fourth-order valence-corrected chi connectivity index (χ4v) is 4.44. The molecule has 0 spiro atoms. The van der Waals surface area contributed by atoms with E-state index in [1.165, 1.54) is 0 Å². The van der Waals surface area contributed by atoms with Gasteiger partial charge in [-0.2, -0.15) is 8.42 Å². The average molecular weight is 390 g/mol. The van der Waals surface area contributed by atoms with Gasteiger partial charge in [0.2, 0.25) is 0 Å². The third-order valence-electron chi connectivity index (χ3n) is 4.72. The molecule has 2 aromatic carbocycles. The minimum absolute atomic E-state index is 0.00736. The van der Waals surface area contributed by atoms with E-state index in [-0.39, 0.29) is 29.4 Å². The van der Waals surface area contributed by atoms with Crippen molar-refractivity contribution in [2.45, 2.75) is 50.5 Å². The van der Waals surface area contributed by atoms with Crippen molar-refractivity contribution in [3.05, 3.63) is 65.7 Å². The van der Waals surface area contributed by atoms with E-state index in [2.05, 4.69) is 25.7 Å². The second-order valence-corrected chi connectivity index (χ2v) is 9.43. The zero-order valence-corrected chi connectivity index (χ0v) is 17.1. The van der Waals surface area contributed by atoms with Crippen molar-refractivity contribution >= 4 is 10.1 Å². The molecule has 1 fully saturated rings. The van der Waals surface area contributed by atoms with Gasteiger partial charge < -0.3 is 4.74 Å². The number of nitrogens with zero attached hydrogens (tertiary/aromatic N) is 1. The molecule has 27 heavy (non-hydrogen) atoms. The summed E-state index contributed by atoms with van der Waals surface area (Å²) in [5.41, 5.74) is 1.60. The molecule has 2 unspecified atom stereocenters. The van der Waals surface area contributed by atoms with Crippen molar-refractivity contribution in [1.29, 1.82) is 0 Å². The van der Waals surface area contributed by atoms with Crippen LogP contribution in [0.2, 0.25) is 0 Å². The topological polar surface area (TPSA) is 55.8 Å². The number of benzene rings is 2. The molecule has 1 aliphatic rings. The highest BCUT2D eigenvalue weighted by molar-refractivity contribution is 7.86. The largest absolute Gasteiger partial charge is 0.352 e. The molecular weight excluding hydrogens is 362 g/mol. The average Bonchev–Trinajstić information content (AvgIpc) is 3.06. The predicted octanol–water partition coefficient (Wildman–Crippen LogP) is 3.90. The third kappa shape index (κ3) is 4.58. The summed E-state index contributed by atoms with van der Waals surface area (Å²) in [5, 5.41) is 0. The highest BCUT2D eigenvalue weighted by atomic mass is 32.2. The smallest absolute Gasteiger partial charge is 0.297 e. The van der Waals surface area contributed by atoms with Crippen molar-refractivity contribution < 1.29 is 17.3 Å². The molecule has 3 rings (SSSR count). The maximum Gasteiger partial charge on any atom is 0.297 e. The Hall–Kier alpha value is -1.73. The molecule has 2 aromatic rings. The van der Waals surface area contributed by atoms with Gasteiger partial charge in [-0.3, -0.25) is 9.08 Å². The van der Waals surface area contributed by atoms with Gasteiger partial charge in [0.25, 0.3) is 10.1 Å². The molecule has 0 saturated carbocycles. The SMILES string of the molecule is Cc1ccccc1S(=O)(=O)OCC1CN(C(C)(C)C)C(c2ccccc2)O1. The van der Waals surface area contributed by atoms with Gasteiger partial charge in [-0.05, 0) is 44.9 Å². The van der Waals surface area contributed by atoms with E-state index in [1.807, 2.05) is 30.3 Å². The van der Waals surface area contributed by atoms with Crippen molar-refractivity contribution in [3.63, 3.8) is 0 Å². The standard InChI is InChI=1S/C21H27NO4S/c1-16-10-8-9-13-19(16)27(23,24)25-15-18-14-22(21(2,3)4)20(26-18)17-11-6-5-7-12-17/h5-13,18,20H,14-15H2,1-4H3. The molecule has 2 atom stereocenters. The van der Waals surface area contributed by atoms with Gasteiger partial charge in [-0.1, -0.05) is 48.5 Å². The van der Waals surface area contributed by atoms with Crippen LogP contribution >= 0.6 is 0 Å². The molecule has 1 aliphatic heterocycles. The van der Waals surface area contributed by atoms with Crippen LogP contribution in [0.4, 0.5) is 0 Å². The minimum Gasteiger partial charge on any atom is -0.352 e. The summed E-state index contributed by atoms with van der Waals surface area (Å²) in [6.45, 7) is 8.73. The zero-order valence-electron chi connectivity index (χ0n) is 16.3. The van der Waals surface area contributed by atoms with Gasteiger partial charge in [-0.25, -0.2) is 0 Å². The van der Waals surface area contributed by atoms with Crippen LogP contribution in [-0.2, 0) is 19.0 Å². The second kappa shape index (κ2) is 7.72. The molecule has 0 radical (unpaired) electrons. The highest BCUT2D eigenvalue weighted by Gasteiger charge is 2.40. The lowest BCUT2D eigenvalue weighted by molar-refractivity contribution is -0.0394. The van der Waals surface area contributed by atoms with E-state index < -0.39 is 10.1 Å². The summed E-state index contributed by atoms with van der Waals surface area (Å²) in [6.07, 6.45) is -0.547. The van der Waals surface area contributed by atoms with Crippen LogP contribution in [0.25, 0.3) is 0 Å². The molecule has 0 amide bonds. The Morgan fingerprint density at radius 1 is 1.07 bits per heavy atom. The number of aryl methyl sites for hydroxylation is 1. The predicted molar refractivity (Wildman–Crippen MR) is 105 cm³/mol. The van der Waals surface area contributed by atoms with E-state index in [4.69, 9.17) is 8.92 Å². The lowest BCUT2D eigenvalue weighted by Gasteiger charge is -2.35. The van der Waals surface area contributed by atoms with E-state index in [0.717, 1.165) is 5.56 Å². The van der Waals surface area contributed by atoms with Crippen LogP contribution in [-0.4, -0.2) is 38.1 Å². The van der Waals surface area contributed by atoms with Crippen LogP contribution in [0.5, 0.6) is 0 Å². The first-order valence-corrected chi connectivity index (χ1v) is 10.5. The summed E-state index contributed by atoms with van der Waals surface area (Å²) in [4.78, 5) is 2.44. The normalized spacial score (nSPS) is 21.5. The molecule has 0 bridgehead atoms. The van der Waals surface area contributed by atoms with E-state index in [9.17, 15) is 8.42 Å². The zero-order chi connectivity index (χ0) is 19.7. The first kappa shape index (κ1) is 20.0. The Morgan fingerprint density at radius 3 is 2.33 bits per heavy atom. The Bertz CT molecular complexity index is 875. The van der Waals surface area contributed by atoms with E-state index in [0.29, 0.717) is 12.1 Å².